The van der Waals surface area contributed by atoms with Gasteiger partial charge >= 0.3 is 0 Å². The summed E-state index contributed by atoms with van der Waals surface area (Å²) in [6.45, 7) is 1.71. The SMILES string of the molecule is C#CCCC1(CCC(=O)N2CCC(Cc3cccnc3)CC2)N=N1. The van der Waals surface area contributed by atoms with Gasteiger partial charge in [0, 0.05) is 51.2 Å². The molecule has 24 heavy (non-hydrogen) atoms. The van der Waals surface area contributed by atoms with Crippen molar-refractivity contribution in [2.45, 2.75) is 50.6 Å². The van der Waals surface area contributed by atoms with Gasteiger partial charge in [0.25, 0.3) is 0 Å². The highest BCUT2D eigenvalue weighted by Gasteiger charge is 2.39. The largest absolute Gasteiger partial charge is 0.343 e. The van der Waals surface area contributed by atoms with E-state index in [1.807, 2.05) is 17.2 Å². The highest BCUT2D eigenvalue weighted by atomic mass is 16.2. The minimum absolute atomic E-state index is 0.229. The van der Waals surface area contributed by atoms with Crippen molar-refractivity contribution in [3.8, 4) is 12.3 Å². The van der Waals surface area contributed by atoms with Crippen LogP contribution in [0.1, 0.15) is 44.1 Å². The van der Waals surface area contributed by atoms with E-state index < -0.39 is 0 Å². The molecule has 0 bridgehead atoms. The molecule has 2 aliphatic heterocycles. The maximum absolute atomic E-state index is 12.4. The molecule has 0 aliphatic carbocycles. The van der Waals surface area contributed by atoms with E-state index >= 15 is 0 Å². The van der Waals surface area contributed by atoms with Gasteiger partial charge in [-0.2, -0.15) is 10.2 Å². The van der Waals surface area contributed by atoms with E-state index in [0.29, 0.717) is 25.2 Å². The third kappa shape index (κ3) is 4.41. The normalized spacial score (nSPS) is 19.0. The molecule has 0 unspecified atom stereocenters. The molecule has 1 amide bonds. The molecule has 0 N–H and O–H groups in total. The summed E-state index contributed by atoms with van der Waals surface area (Å²) in [5, 5.41) is 8.20. The van der Waals surface area contributed by atoms with Crippen molar-refractivity contribution in [1.82, 2.24) is 9.88 Å². The molecule has 0 spiro atoms. The second-order valence-corrected chi connectivity index (χ2v) is 6.78. The van der Waals surface area contributed by atoms with Crippen LogP contribution >= 0.6 is 0 Å². The summed E-state index contributed by atoms with van der Waals surface area (Å²) < 4.78 is 0. The van der Waals surface area contributed by atoms with Crippen LogP contribution in [0.3, 0.4) is 0 Å². The van der Waals surface area contributed by atoms with Crippen LogP contribution in [0, 0.1) is 18.3 Å². The lowest BCUT2D eigenvalue weighted by Crippen LogP contribution is -2.39. The van der Waals surface area contributed by atoms with Crippen molar-refractivity contribution in [1.29, 1.82) is 0 Å². The fourth-order valence-corrected chi connectivity index (χ4v) is 3.37. The molecule has 1 fully saturated rings. The van der Waals surface area contributed by atoms with Gasteiger partial charge in [-0.3, -0.25) is 9.78 Å². The Morgan fingerprint density at radius 1 is 1.33 bits per heavy atom. The van der Waals surface area contributed by atoms with E-state index in [9.17, 15) is 4.79 Å². The van der Waals surface area contributed by atoms with Crippen LogP contribution in [0.25, 0.3) is 0 Å². The number of nitrogens with zero attached hydrogens (tertiary/aromatic N) is 4. The number of rotatable bonds is 7. The van der Waals surface area contributed by atoms with Gasteiger partial charge in [-0.15, -0.1) is 12.3 Å². The lowest BCUT2D eigenvalue weighted by atomic mass is 9.90. The van der Waals surface area contributed by atoms with E-state index in [2.05, 4.69) is 27.2 Å². The van der Waals surface area contributed by atoms with Crippen LogP contribution in [0.2, 0.25) is 0 Å². The number of aromatic nitrogens is 1. The highest BCUT2D eigenvalue weighted by molar-refractivity contribution is 5.76. The van der Waals surface area contributed by atoms with Gasteiger partial charge in [0.1, 0.15) is 0 Å². The molecule has 5 heteroatoms. The Balaban J connectivity index is 1.38. The van der Waals surface area contributed by atoms with Crippen molar-refractivity contribution < 1.29 is 4.79 Å². The zero-order chi connectivity index (χ0) is 16.8. The average molecular weight is 324 g/mol. The van der Waals surface area contributed by atoms with Gasteiger partial charge in [0.2, 0.25) is 5.91 Å². The number of carbonyl (C=O) groups is 1. The Morgan fingerprint density at radius 3 is 2.75 bits per heavy atom. The van der Waals surface area contributed by atoms with E-state index in [1.54, 1.807) is 6.20 Å². The predicted molar refractivity (Wildman–Crippen MR) is 92.1 cm³/mol. The van der Waals surface area contributed by atoms with Gasteiger partial charge in [0.15, 0.2) is 5.66 Å². The zero-order valence-corrected chi connectivity index (χ0v) is 14.0. The quantitative estimate of drug-likeness (QED) is 0.723. The molecular weight excluding hydrogens is 300 g/mol. The van der Waals surface area contributed by atoms with E-state index in [0.717, 1.165) is 38.8 Å². The van der Waals surface area contributed by atoms with Crippen molar-refractivity contribution in [3.05, 3.63) is 30.1 Å². The van der Waals surface area contributed by atoms with Gasteiger partial charge < -0.3 is 4.90 Å². The molecule has 2 aliphatic rings. The number of hydrogen-bond acceptors (Lipinski definition) is 4. The first kappa shape index (κ1) is 16.6. The second-order valence-electron chi connectivity index (χ2n) is 6.78. The summed E-state index contributed by atoms with van der Waals surface area (Å²) in [5.41, 5.74) is 0.940. The molecule has 0 saturated carbocycles. The summed E-state index contributed by atoms with van der Waals surface area (Å²) >= 11 is 0. The number of likely N-dealkylation sites (tertiary alicyclic amines) is 1. The molecule has 126 valence electrons. The second kappa shape index (κ2) is 7.57. The van der Waals surface area contributed by atoms with Crippen molar-refractivity contribution >= 4 is 5.91 Å². The molecule has 1 aromatic rings. The molecule has 0 aromatic carbocycles. The Bertz CT molecular complexity index is 621. The van der Waals surface area contributed by atoms with Gasteiger partial charge in [0.05, 0.1) is 0 Å². The molecule has 0 atom stereocenters. The highest BCUT2D eigenvalue weighted by Crippen LogP contribution is 2.37. The van der Waals surface area contributed by atoms with E-state index in [-0.39, 0.29) is 11.6 Å². The summed E-state index contributed by atoms with van der Waals surface area (Å²) in [4.78, 5) is 18.6. The standard InChI is InChI=1S/C19H24N4O/c1-2-3-9-19(21-22-19)10-6-18(24)23-12-7-16(8-13-23)14-17-5-4-11-20-15-17/h1,4-5,11,15-16H,3,6-10,12-14H2. The lowest BCUT2D eigenvalue weighted by Gasteiger charge is -2.32. The van der Waals surface area contributed by atoms with Crippen molar-refractivity contribution in [3.63, 3.8) is 0 Å². The number of hydrogen-bond donors (Lipinski definition) is 0. The Morgan fingerprint density at radius 2 is 2.12 bits per heavy atom. The minimum atomic E-state index is -0.347. The minimum Gasteiger partial charge on any atom is -0.343 e. The van der Waals surface area contributed by atoms with E-state index in [4.69, 9.17) is 6.42 Å². The molecule has 1 saturated heterocycles. The maximum atomic E-state index is 12.4. The molecule has 3 rings (SSSR count). The van der Waals surface area contributed by atoms with Crippen molar-refractivity contribution in [2.75, 3.05) is 13.1 Å². The van der Waals surface area contributed by atoms with Crippen molar-refractivity contribution in [2.24, 2.45) is 16.1 Å². The first-order chi connectivity index (χ1) is 11.7. The summed E-state index contributed by atoms with van der Waals surface area (Å²) in [6.07, 6.45) is 14.9. The first-order valence-corrected chi connectivity index (χ1v) is 8.75. The lowest BCUT2D eigenvalue weighted by molar-refractivity contribution is -0.132. The van der Waals surface area contributed by atoms with Gasteiger partial charge in [-0.25, -0.2) is 0 Å². The molecule has 5 nitrogen and oxygen atoms in total. The topological polar surface area (TPSA) is 57.9 Å². The summed E-state index contributed by atoms with van der Waals surface area (Å²) in [7, 11) is 0. The Labute approximate surface area is 143 Å². The van der Waals surface area contributed by atoms with Crippen LogP contribution in [0.4, 0.5) is 0 Å². The van der Waals surface area contributed by atoms with Crippen LogP contribution < -0.4 is 0 Å². The molecule has 0 radical (unpaired) electrons. The number of amides is 1. The van der Waals surface area contributed by atoms with Gasteiger partial charge in [-0.05, 0) is 36.8 Å². The number of piperidine rings is 1. The third-order valence-electron chi connectivity index (χ3n) is 5.01. The Kier molecular flexibility index (Phi) is 5.24. The van der Waals surface area contributed by atoms with Crippen LogP contribution in [0.15, 0.2) is 34.8 Å². The molecular formula is C19H24N4O. The summed E-state index contributed by atoms with van der Waals surface area (Å²) in [5.74, 6) is 3.50. The molecule has 1 aromatic heterocycles. The van der Waals surface area contributed by atoms with Gasteiger partial charge in [-0.1, -0.05) is 6.07 Å². The first-order valence-electron chi connectivity index (χ1n) is 8.75. The smallest absolute Gasteiger partial charge is 0.222 e. The fourth-order valence-electron chi connectivity index (χ4n) is 3.37. The number of pyridine rings is 1. The fraction of sp³-hybridized carbons (Fsp3) is 0.579. The monoisotopic (exact) mass is 324 g/mol. The predicted octanol–water partition coefficient (Wildman–Crippen LogP) is 3.22. The van der Waals surface area contributed by atoms with Crippen LogP contribution in [-0.2, 0) is 11.2 Å². The van der Waals surface area contributed by atoms with Crippen LogP contribution in [0.5, 0.6) is 0 Å². The molecule has 3 heterocycles. The van der Waals surface area contributed by atoms with Crippen LogP contribution in [-0.4, -0.2) is 34.5 Å². The number of carbonyl (C=O) groups excluding carboxylic acids is 1. The maximum Gasteiger partial charge on any atom is 0.222 e. The Hall–Kier alpha value is -2.22. The van der Waals surface area contributed by atoms with E-state index in [1.165, 1.54) is 5.56 Å². The zero-order valence-electron chi connectivity index (χ0n) is 14.0. The summed E-state index contributed by atoms with van der Waals surface area (Å²) in [6, 6.07) is 4.11. The average Bonchev–Trinajstić information content (AvgIpc) is 3.40. The third-order valence-corrected chi connectivity index (χ3v) is 5.01. The number of terminal acetylenes is 1.